The first-order valence-corrected chi connectivity index (χ1v) is 5.62. The van der Waals surface area contributed by atoms with E-state index in [1.807, 2.05) is 12.1 Å². The van der Waals surface area contributed by atoms with E-state index in [2.05, 4.69) is 26.2 Å². The van der Waals surface area contributed by atoms with Crippen LogP contribution in [0.4, 0.5) is 0 Å². The average molecular weight is 257 g/mol. The van der Waals surface area contributed by atoms with E-state index in [1.54, 1.807) is 6.20 Å². The molecule has 1 N–H and O–H groups in total. The van der Waals surface area contributed by atoms with Crippen molar-refractivity contribution in [3.8, 4) is 5.88 Å². The lowest BCUT2D eigenvalue weighted by Gasteiger charge is -2.11. The van der Waals surface area contributed by atoms with E-state index in [-0.39, 0.29) is 0 Å². The van der Waals surface area contributed by atoms with Gasteiger partial charge < -0.3 is 10.1 Å². The standard InChI is InChI=1S/C10H13BrN2O/c11-9-4-2-6-13-10(9)14-7-8-3-1-5-12-8/h2,4,6,8,12H,1,3,5,7H2. The van der Waals surface area contributed by atoms with Gasteiger partial charge in [-0.15, -0.1) is 0 Å². The van der Waals surface area contributed by atoms with Crippen molar-refractivity contribution in [3.63, 3.8) is 0 Å². The van der Waals surface area contributed by atoms with Gasteiger partial charge in [0.1, 0.15) is 6.61 Å². The fourth-order valence-corrected chi connectivity index (χ4v) is 1.93. The molecule has 76 valence electrons. The molecule has 0 bridgehead atoms. The summed E-state index contributed by atoms with van der Waals surface area (Å²) in [6.07, 6.45) is 4.18. The number of ether oxygens (including phenoxy) is 1. The first-order chi connectivity index (χ1) is 6.86. The molecule has 0 amide bonds. The topological polar surface area (TPSA) is 34.1 Å². The van der Waals surface area contributed by atoms with Gasteiger partial charge in [-0.05, 0) is 47.4 Å². The minimum Gasteiger partial charge on any atom is -0.475 e. The van der Waals surface area contributed by atoms with Crippen LogP contribution in [0.3, 0.4) is 0 Å². The second-order valence-corrected chi connectivity index (χ2v) is 4.25. The van der Waals surface area contributed by atoms with Crippen LogP contribution in [0.5, 0.6) is 5.88 Å². The van der Waals surface area contributed by atoms with Crippen LogP contribution in [-0.4, -0.2) is 24.2 Å². The van der Waals surface area contributed by atoms with E-state index in [9.17, 15) is 0 Å². The van der Waals surface area contributed by atoms with Gasteiger partial charge in [0, 0.05) is 12.2 Å². The summed E-state index contributed by atoms with van der Waals surface area (Å²) in [7, 11) is 0. The summed E-state index contributed by atoms with van der Waals surface area (Å²) in [5.74, 6) is 0.682. The largest absolute Gasteiger partial charge is 0.475 e. The van der Waals surface area contributed by atoms with Crippen molar-refractivity contribution in [2.24, 2.45) is 0 Å². The van der Waals surface area contributed by atoms with Gasteiger partial charge in [0.05, 0.1) is 4.47 Å². The summed E-state index contributed by atoms with van der Waals surface area (Å²) in [5, 5.41) is 3.38. The molecule has 1 aromatic heterocycles. The highest BCUT2D eigenvalue weighted by atomic mass is 79.9. The Labute approximate surface area is 92.0 Å². The molecule has 0 saturated carbocycles. The molecule has 1 fully saturated rings. The van der Waals surface area contributed by atoms with Crippen molar-refractivity contribution in [2.45, 2.75) is 18.9 Å². The Morgan fingerprint density at radius 1 is 1.64 bits per heavy atom. The molecule has 2 rings (SSSR count). The zero-order chi connectivity index (χ0) is 9.80. The molecule has 4 heteroatoms. The minimum absolute atomic E-state index is 0.490. The lowest BCUT2D eigenvalue weighted by Crippen LogP contribution is -2.28. The number of nitrogens with zero attached hydrogens (tertiary/aromatic N) is 1. The Bertz CT molecular complexity index is 300. The highest BCUT2D eigenvalue weighted by Crippen LogP contribution is 2.21. The quantitative estimate of drug-likeness (QED) is 0.898. The van der Waals surface area contributed by atoms with E-state index in [4.69, 9.17) is 4.74 Å². The third-order valence-corrected chi connectivity index (χ3v) is 2.91. The number of pyridine rings is 1. The third-order valence-electron chi connectivity index (χ3n) is 2.31. The Morgan fingerprint density at radius 3 is 3.29 bits per heavy atom. The van der Waals surface area contributed by atoms with Crippen LogP contribution in [0.15, 0.2) is 22.8 Å². The Balaban J connectivity index is 1.88. The fourth-order valence-electron chi connectivity index (χ4n) is 1.56. The molecule has 1 saturated heterocycles. The zero-order valence-electron chi connectivity index (χ0n) is 7.87. The van der Waals surface area contributed by atoms with Crippen LogP contribution >= 0.6 is 15.9 Å². The maximum absolute atomic E-state index is 5.60. The van der Waals surface area contributed by atoms with E-state index < -0.39 is 0 Å². The van der Waals surface area contributed by atoms with Crippen molar-refractivity contribution in [3.05, 3.63) is 22.8 Å². The van der Waals surface area contributed by atoms with Gasteiger partial charge in [-0.1, -0.05) is 0 Å². The molecule has 1 aliphatic rings. The van der Waals surface area contributed by atoms with Gasteiger partial charge in [0.15, 0.2) is 0 Å². The second kappa shape index (κ2) is 4.75. The van der Waals surface area contributed by atoms with Gasteiger partial charge in [0.2, 0.25) is 5.88 Å². The van der Waals surface area contributed by atoms with Crippen LogP contribution < -0.4 is 10.1 Å². The van der Waals surface area contributed by atoms with E-state index in [0.717, 1.165) is 11.0 Å². The van der Waals surface area contributed by atoms with E-state index >= 15 is 0 Å². The van der Waals surface area contributed by atoms with Crippen LogP contribution in [0.1, 0.15) is 12.8 Å². The summed E-state index contributed by atoms with van der Waals surface area (Å²) in [6, 6.07) is 4.30. The monoisotopic (exact) mass is 256 g/mol. The van der Waals surface area contributed by atoms with Crippen molar-refractivity contribution in [1.29, 1.82) is 0 Å². The third kappa shape index (κ3) is 2.45. The van der Waals surface area contributed by atoms with E-state index in [0.29, 0.717) is 18.5 Å². The normalized spacial score (nSPS) is 21.1. The van der Waals surface area contributed by atoms with Crippen LogP contribution in [-0.2, 0) is 0 Å². The average Bonchev–Trinajstić information content (AvgIpc) is 2.69. The van der Waals surface area contributed by atoms with Gasteiger partial charge in [-0.25, -0.2) is 4.98 Å². The first kappa shape index (κ1) is 9.93. The zero-order valence-corrected chi connectivity index (χ0v) is 9.46. The molecular weight excluding hydrogens is 244 g/mol. The molecule has 0 aromatic carbocycles. The molecule has 1 aliphatic heterocycles. The molecule has 2 heterocycles. The van der Waals surface area contributed by atoms with Gasteiger partial charge in [-0.3, -0.25) is 0 Å². The Hall–Kier alpha value is -0.610. The highest BCUT2D eigenvalue weighted by Gasteiger charge is 2.15. The molecular formula is C10H13BrN2O. The number of rotatable bonds is 3. The maximum atomic E-state index is 5.60. The lowest BCUT2D eigenvalue weighted by atomic mass is 10.2. The maximum Gasteiger partial charge on any atom is 0.227 e. The second-order valence-electron chi connectivity index (χ2n) is 3.39. The van der Waals surface area contributed by atoms with E-state index in [1.165, 1.54) is 12.8 Å². The van der Waals surface area contributed by atoms with Crippen LogP contribution in [0, 0.1) is 0 Å². The fraction of sp³-hybridized carbons (Fsp3) is 0.500. The SMILES string of the molecule is Brc1cccnc1OCC1CCCN1. The van der Waals surface area contributed by atoms with Crippen molar-refractivity contribution >= 4 is 15.9 Å². The molecule has 0 spiro atoms. The Morgan fingerprint density at radius 2 is 2.57 bits per heavy atom. The summed E-state index contributed by atoms with van der Waals surface area (Å²) >= 11 is 3.40. The predicted molar refractivity (Wildman–Crippen MR) is 58.5 cm³/mol. The van der Waals surface area contributed by atoms with Gasteiger partial charge >= 0.3 is 0 Å². The van der Waals surface area contributed by atoms with Gasteiger partial charge in [0.25, 0.3) is 0 Å². The number of hydrogen-bond acceptors (Lipinski definition) is 3. The number of nitrogens with one attached hydrogen (secondary N) is 1. The molecule has 14 heavy (non-hydrogen) atoms. The molecule has 3 nitrogen and oxygen atoms in total. The summed E-state index contributed by atoms with van der Waals surface area (Å²) in [5.41, 5.74) is 0. The summed E-state index contributed by atoms with van der Waals surface area (Å²) in [6.45, 7) is 1.81. The predicted octanol–water partition coefficient (Wildman–Crippen LogP) is 1.97. The van der Waals surface area contributed by atoms with Crippen molar-refractivity contribution in [1.82, 2.24) is 10.3 Å². The van der Waals surface area contributed by atoms with Crippen LogP contribution in [0.25, 0.3) is 0 Å². The van der Waals surface area contributed by atoms with Crippen molar-refractivity contribution in [2.75, 3.05) is 13.2 Å². The van der Waals surface area contributed by atoms with Gasteiger partial charge in [-0.2, -0.15) is 0 Å². The summed E-state index contributed by atoms with van der Waals surface area (Å²) < 4.78 is 6.52. The lowest BCUT2D eigenvalue weighted by molar-refractivity contribution is 0.266. The molecule has 0 radical (unpaired) electrons. The number of hydrogen-bond donors (Lipinski definition) is 1. The molecule has 1 unspecified atom stereocenters. The Kier molecular flexibility index (Phi) is 3.37. The number of aromatic nitrogens is 1. The first-order valence-electron chi connectivity index (χ1n) is 4.83. The smallest absolute Gasteiger partial charge is 0.227 e. The van der Waals surface area contributed by atoms with Crippen LogP contribution in [0.2, 0.25) is 0 Å². The highest BCUT2D eigenvalue weighted by molar-refractivity contribution is 9.10. The number of halogens is 1. The molecule has 0 aliphatic carbocycles. The molecule has 1 aromatic rings. The molecule has 1 atom stereocenters. The summed E-state index contributed by atoms with van der Waals surface area (Å²) in [4.78, 5) is 4.14. The minimum atomic E-state index is 0.490. The van der Waals surface area contributed by atoms with Crippen molar-refractivity contribution < 1.29 is 4.74 Å².